The molecule has 1 aromatic rings. The van der Waals surface area contributed by atoms with Crippen molar-refractivity contribution < 1.29 is 24.3 Å². The highest BCUT2D eigenvalue weighted by atomic mass is 16.5. The summed E-state index contributed by atoms with van der Waals surface area (Å²) in [5.74, 6) is -0.540. The van der Waals surface area contributed by atoms with Gasteiger partial charge in [-0.05, 0) is 48.9 Å². The van der Waals surface area contributed by atoms with Gasteiger partial charge in [0.1, 0.15) is 0 Å². The summed E-state index contributed by atoms with van der Waals surface area (Å²) in [6, 6.07) is 5.34. The molecule has 1 aliphatic carbocycles. The molecule has 1 unspecified atom stereocenters. The fourth-order valence-corrected chi connectivity index (χ4v) is 4.58. The third kappa shape index (κ3) is 3.38. The second-order valence-corrected chi connectivity index (χ2v) is 7.85. The summed E-state index contributed by atoms with van der Waals surface area (Å²) >= 11 is 0. The molecule has 0 aromatic heterocycles. The summed E-state index contributed by atoms with van der Waals surface area (Å²) in [6.45, 7) is 2.96. The number of fused-ring (bicyclic) bond motifs is 1. The summed E-state index contributed by atoms with van der Waals surface area (Å²) in [5.41, 5.74) is 3.65. The lowest BCUT2D eigenvalue weighted by atomic mass is 9.70. The van der Waals surface area contributed by atoms with Gasteiger partial charge in [-0.3, -0.25) is 19.6 Å². The van der Waals surface area contributed by atoms with Gasteiger partial charge in [-0.2, -0.15) is 0 Å². The maximum Gasteiger partial charge on any atom is 0.274 e. The maximum absolute atomic E-state index is 13.2. The van der Waals surface area contributed by atoms with Crippen molar-refractivity contribution in [2.24, 2.45) is 5.41 Å². The number of carbonyl (C=O) groups excluding carboxylic acids is 3. The average Bonchev–Trinajstić information content (AvgIpc) is 3.02. The molecule has 150 valence electrons. The van der Waals surface area contributed by atoms with Crippen LogP contribution in [0.2, 0.25) is 0 Å². The molecule has 2 saturated heterocycles. The SMILES string of the molecule is O=C(NO)c1ccc2c(c1)CC1(CC2)CCN(CC(=O)N2CCOCC2)C1=O. The van der Waals surface area contributed by atoms with Crippen LogP contribution in [0, 0.1) is 5.41 Å². The van der Waals surface area contributed by atoms with Crippen LogP contribution in [0.15, 0.2) is 18.2 Å². The minimum atomic E-state index is -0.557. The van der Waals surface area contributed by atoms with Gasteiger partial charge in [0.2, 0.25) is 11.8 Å². The van der Waals surface area contributed by atoms with Crippen molar-refractivity contribution in [3.8, 4) is 0 Å². The number of nitrogens with one attached hydrogen (secondary N) is 1. The van der Waals surface area contributed by atoms with Crippen molar-refractivity contribution in [2.45, 2.75) is 25.7 Å². The van der Waals surface area contributed by atoms with Gasteiger partial charge in [-0.1, -0.05) is 6.07 Å². The maximum atomic E-state index is 13.2. The van der Waals surface area contributed by atoms with Gasteiger partial charge in [0, 0.05) is 25.2 Å². The Labute approximate surface area is 163 Å². The van der Waals surface area contributed by atoms with Gasteiger partial charge in [0.25, 0.3) is 5.91 Å². The van der Waals surface area contributed by atoms with Crippen molar-refractivity contribution in [1.82, 2.24) is 15.3 Å². The van der Waals surface area contributed by atoms with Crippen LogP contribution in [0.5, 0.6) is 0 Å². The number of likely N-dealkylation sites (tertiary alicyclic amines) is 1. The molecule has 8 heteroatoms. The molecule has 0 radical (unpaired) electrons. The molecule has 28 heavy (non-hydrogen) atoms. The molecule has 1 aromatic carbocycles. The molecule has 3 amide bonds. The van der Waals surface area contributed by atoms with Crippen molar-refractivity contribution in [3.63, 3.8) is 0 Å². The Morgan fingerprint density at radius 2 is 1.93 bits per heavy atom. The number of aryl methyl sites for hydroxylation is 1. The molecule has 3 aliphatic rings. The standard InChI is InChI=1S/C20H25N3O5/c24-17(22-7-9-28-10-8-22)13-23-6-5-20(19(23)26)4-3-14-1-2-15(18(25)21-27)11-16(14)12-20/h1-2,11,27H,3-10,12-13H2,(H,21,25). The molecule has 1 spiro atoms. The molecule has 1 atom stereocenters. The van der Waals surface area contributed by atoms with Crippen LogP contribution in [-0.4, -0.2) is 72.1 Å². The number of hydrogen-bond donors (Lipinski definition) is 2. The van der Waals surface area contributed by atoms with Crippen molar-refractivity contribution >= 4 is 17.7 Å². The quantitative estimate of drug-likeness (QED) is 0.577. The van der Waals surface area contributed by atoms with Gasteiger partial charge in [-0.25, -0.2) is 5.48 Å². The van der Waals surface area contributed by atoms with E-state index in [2.05, 4.69) is 0 Å². The van der Waals surface area contributed by atoms with Gasteiger partial charge in [-0.15, -0.1) is 0 Å². The van der Waals surface area contributed by atoms with Crippen LogP contribution >= 0.6 is 0 Å². The lowest BCUT2D eigenvalue weighted by Crippen LogP contribution is -2.47. The zero-order valence-electron chi connectivity index (χ0n) is 15.8. The first-order chi connectivity index (χ1) is 13.5. The van der Waals surface area contributed by atoms with E-state index in [4.69, 9.17) is 9.94 Å². The van der Waals surface area contributed by atoms with Crippen LogP contribution in [-0.2, 0) is 27.2 Å². The van der Waals surface area contributed by atoms with Crippen LogP contribution < -0.4 is 5.48 Å². The Bertz CT molecular complexity index is 805. The molecule has 2 N–H and O–H groups in total. The first kappa shape index (κ1) is 18.9. The molecule has 2 fully saturated rings. The van der Waals surface area contributed by atoms with E-state index in [1.54, 1.807) is 27.4 Å². The lowest BCUT2D eigenvalue weighted by molar-refractivity contribution is -0.144. The largest absolute Gasteiger partial charge is 0.378 e. The number of rotatable bonds is 3. The molecule has 0 bridgehead atoms. The van der Waals surface area contributed by atoms with E-state index in [0.29, 0.717) is 44.8 Å². The van der Waals surface area contributed by atoms with E-state index in [9.17, 15) is 14.4 Å². The smallest absolute Gasteiger partial charge is 0.274 e. The number of morpholine rings is 1. The lowest BCUT2D eigenvalue weighted by Gasteiger charge is -2.34. The number of benzene rings is 1. The summed E-state index contributed by atoms with van der Waals surface area (Å²) in [7, 11) is 0. The third-order valence-corrected chi connectivity index (χ3v) is 6.26. The van der Waals surface area contributed by atoms with E-state index < -0.39 is 11.3 Å². The fourth-order valence-electron chi connectivity index (χ4n) is 4.58. The average molecular weight is 387 g/mol. The number of nitrogens with zero attached hydrogens (tertiary/aromatic N) is 2. The Kier molecular flexibility index (Phi) is 5.07. The van der Waals surface area contributed by atoms with Crippen molar-refractivity contribution in [1.29, 1.82) is 0 Å². The Hall–Kier alpha value is -2.45. The van der Waals surface area contributed by atoms with Crippen LogP contribution in [0.3, 0.4) is 0 Å². The van der Waals surface area contributed by atoms with Crippen LogP contribution in [0.4, 0.5) is 0 Å². The summed E-state index contributed by atoms with van der Waals surface area (Å²) in [6.07, 6.45) is 2.81. The van der Waals surface area contributed by atoms with E-state index in [1.807, 2.05) is 6.07 Å². The van der Waals surface area contributed by atoms with Gasteiger partial charge in [0.15, 0.2) is 0 Å². The topological polar surface area (TPSA) is 99.2 Å². The van der Waals surface area contributed by atoms with E-state index in [1.165, 1.54) is 0 Å². The predicted octanol–water partition coefficient (Wildman–Crippen LogP) is 0.372. The molecule has 4 rings (SSSR count). The van der Waals surface area contributed by atoms with Crippen molar-refractivity contribution in [2.75, 3.05) is 39.4 Å². The Morgan fingerprint density at radius 3 is 2.68 bits per heavy atom. The first-order valence-corrected chi connectivity index (χ1v) is 9.73. The number of hydrogen-bond acceptors (Lipinski definition) is 5. The van der Waals surface area contributed by atoms with Gasteiger partial charge >= 0.3 is 0 Å². The Balaban J connectivity index is 1.47. The number of ether oxygens (including phenoxy) is 1. The molecule has 0 saturated carbocycles. The Morgan fingerprint density at radius 1 is 1.14 bits per heavy atom. The monoisotopic (exact) mass is 387 g/mol. The van der Waals surface area contributed by atoms with Crippen LogP contribution in [0.1, 0.15) is 34.3 Å². The molecular formula is C20H25N3O5. The zero-order chi connectivity index (χ0) is 19.7. The second-order valence-electron chi connectivity index (χ2n) is 7.85. The number of hydroxylamine groups is 1. The van der Waals surface area contributed by atoms with E-state index in [0.717, 1.165) is 30.4 Å². The molecule has 2 aliphatic heterocycles. The van der Waals surface area contributed by atoms with Gasteiger partial charge in [0.05, 0.1) is 25.2 Å². The molecular weight excluding hydrogens is 362 g/mol. The predicted molar refractivity (Wildman–Crippen MR) is 98.7 cm³/mol. The highest BCUT2D eigenvalue weighted by Crippen LogP contribution is 2.43. The van der Waals surface area contributed by atoms with Crippen molar-refractivity contribution in [3.05, 3.63) is 34.9 Å². The number of carbonyl (C=O) groups is 3. The molecule has 8 nitrogen and oxygen atoms in total. The zero-order valence-corrected chi connectivity index (χ0v) is 15.8. The highest BCUT2D eigenvalue weighted by molar-refractivity contribution is 5.94. The minimum Gasteiger partial charge on any atom is -0.378 e. The first-order valence-electron chi connectivity index (χ1n) is 9.73. The summed E-state index contributed by atoms with van der Waals surface area (Å²) in [4.78, 5) is 40.9. The van der Waals surface area contributed by atoms with Gasteiger partial charge < -0.3 is 14.5 Å². The fraction of sp³-hybridized carbons (Fsp3) is 0.550. The van der Waals surface area contributed by atoms with E-state index in [-0.39, 0.29) is 18.4 Å². The normalized spacial score (nSPS) is 24.4. The highest BCUT2D eigenvalue weighted by Gasteiger charge is 2.48. The summed E-state index contributed by atoms with van der Waals surface area (Å²) < 4.78 is 5.28. The van der Waals surface area contributed by atoms with E-state index >= 15 is 0 Å². The molecule has 2 heterocycles. The second kappa shape index (κ2) is 7.52. The van der Waals surface area contributed by atoms with Crippen LogP contribution in [0.25, 0.3) is 0 Å². The minimum absolute atomic E-state index is 0.0215. The third-order valence-electron chi connectivity index (χ3n) is 6.26. The summed E-state index contributed by atoms with van der Waals surface area (Å²) in [5, 5.41) is 8.86. The number of amides is 3.